The summed E-state index contributed by atoms with van der Waals surface area (Å²) < 4.78 is 44.4. The minimum absolute atomic E-state index is 0.0132. The number of anilines is 1. The number of ether oxygens (including phenoxy) is 1. The number of benzene rings is 2. The first-order chi connectivity index (χ1) is 14.3. The predicted octanol–water partition coefficient (Wildman–Crippen LogP) is 2.21. The maximum Gasteiger partial charge on any atom is 0.306 e. The number of amidine groups is 1. The molecule has 1 aliphatic rings. The molecular formula is C20H20FN3O5S. The van der Waals surface area contributed by atoms with Crippen LogP contribution in [0.3, 0.4) is 0 Å². The first kappa shape index (κ1) is 21.4. The minimum Gasteiger partial charge on any atom is -0.453 e. The van der Waals surface area contributed by atoms with Gasteiger partial charge in [-0.05, 0) is 49.7 Å². The van der Waals surface area contributed by atoms with Crippen LogP contribution in [-0.2, 0) is 24.3 Å². The number of hydrogen-bond donors (Lipinski definition) is 2. The van der Waals surface area contributed by atoms with E-state index in [1.54, 1.807) is 18.2 Å². The van der Waals surface area contributed by atoms with Crippen molar-refractivity contribution in [3.63, 3.8) is 0 Å². The second-order valence-electron chi connectivity index (χ2n) is 6.56. The number of carbonyl (C=O) groups excluding carboxylic acids is 2. The van der Waals surface area contributed by atoms with Gasteiger partial charge in [-0.2, -0.15) is 0 Å². The molecule has 8 nitrogen and oxygen atoms in total. The lowest BCUT2D eigenvalue weighted by molar-refractivity contribution is -0.153. The second-order valence-corrected chi connectivity index (χ2v) is 8.21. The molecule has 0 unspecified atom stereocenters. The van der Waals surface area contributed by atoms with Crippen molar-refractivity contribution in [3.05, 3.63) is 59.9 Å². The Balaban J connectivity index is 1.45. The van der Waals surface area contributed by atoms with Crippen molar-refractivity contribution >= 4 is 33.4 Å². The van der Waals surface area contributed by atoms with E-state index in [0.717, 1.165) is 0 Å². The summed E-state index contributed by atoms with van der Waals surface area (Å²) in [4.78, 5) is 28.4. The van der Waals surface area contributed by atoms with E-state index < -0.39 is 33.8 Å². The summed E-state index contributed by atoms with van der Waals surface area (Å²) in [6, 6.07) is 11.7. The maximum absolute atomic E-state index is 12.9. The first-order valence-corrected chi connectivity index (χ1v) is 10.7. The van der Waals surface area contributed by atoms with Crippen LogP contribution in [0.4, 0.5) is 10.1 Å². The third kappa shape index (κ3) is 5.20. The van der Waals surface area contributed by atoms with Gasteiger partial charge >= 0.3 is 5.97 Å². The number of carbonyl (C=O) groups is 2. The zero-order valence-electron chi connectivity index (χ0n) is 16.1. The molecule has 1 heterocycles. The SMILES string of the molecule is C[C@@H](OC(=O)CCCN=C1NS(=O)(=O)c2ccccc21)C(=O)Nc1ccc(F)cc1. The van der Waals surface area contributed by atoms with Crippen molar-refractivity contribution in [3.8, 4) is 0 Å². The van der Waals surface area contributed by atoms with Gasteiger partial charge in [-0.3, -0.25) is 19.3 Å². The Morgan fingerprint density at radius 2 is 1.87 bits per heavy atom. The normalized spacial score (nSPS) is 16.4. The molecule has 0 aromatic heterocycles. The Morgan fingerprint density at radius 3 is 2.60 bits per heavy atom. The molecule has 0 fully saturated rings. The van der Waals surface area contributed by atoms with Crippen molar-refractivity contribution < 1.29 is 27.1 Å². The Labute approximate surface area is 173 Å². The number of rotatable bonds is 7. The van der Waals surface area contributed by atoms with E-state index >= 15 is 0 Å². The van der Waals surface area contributed by atoms with Crippen LogP contribution in [0.5, 0.6) is 0 Å². The van der Waals surface area contributed by atoms with Crippen LogP contribution in [0, 0.1) is 5.82 Å². The summed E-state index contributed by atoms with van der Waals surface area (Å²) in [5.74, 6) is -1.30. The summed E-state index contributed by atoms with van der Waals surface area (Å²) in [5, 5.41) is 2.53. The highest BCUT2D eigenvalue weighted by molar-refractivity contribution is 7.90. The molecule has 30 heavy (non-hydrogen) atoms. The van der Waals surface area contributed by atoms with E-state index in [0.29, 0.717) is 17.7 Å². The molecule has 2 aromatic rings. The lowest BCUT2D eigenvalue weighted by Crippen LogP contribution is -2.30. The molecule has 1 amide bonds. The molecule has 1 aliphatic heterocycles. The zero-order valence-corrected chi connectivity index (χ0v) is 16.9. The fourth-order valence-electron chi connectivity index (χ4n) is 2.75. The smallest absolute Gasteiger partial charge is 0.306 e. The number of aliphatic imine (C=N–C) groups is 1. The van der Waals surface area contributed by atoms with Gasteiger partial charge in [0.1, 0.15) is 11.7 Å². The standard InChI is InChI=1S/C20H20FN3O5S/c1-13(20(26)23-15-10-8-14(21)9-11-15)29-18(25)7-4-12-22-19-16-5-2-3-6-17(16)30(27,28)24-19/h2-3,5-6,8-11,13H,4,7,12H2,1H3,(H,22,24)(H,23,26)/t13-/m1/s1. The van der Waals surface area contributed by atoms with Crippen molar-refractivity contribution in [1.82, 2.24) is 4.72 Å². The number of hydrogen-bond acceptors (Lipinski definition) is 6. The van der Waals surface area contributed by atoms with Crippen LogP contribution in [0.2, 0.25) is 0 Å². The van der Waals surface area contributed by atoms with Crippen LogP contribution in [0.1, 0.15) is 25.3 Å². The molecule has 1 atom stereocenters. The first-order valence-electron chi connectivity index (χ1n) is 9.19. The third-order valence-corrected chi connectivity index (χ3v) is 5.66. The fraction of sp³-hybridized carbons (Fsp3) is 0.250. The average Bonchev–Trinajstić information content (AvgIpc) is 2.97. The van der Waals surface area contributed by atoms with E-state index in [4.69, 9.17) is 4.74 Å². The van der Waals surface area contributed by atoms with Crippen molar-refractivity contribution in [2.75, 3.05) is 11.9 Å². The number of nitrogens with zero attached hydrogens (tertiary/aromatic N) is 1. The van der Waals surface area contributed by atoms with E-state index in [-0.39, 0.29) is 23.7 Å². The van der Waals surface area contributed by atoms with Gasteiger partial charge in [0.05, 0.1) is 4.90 Å². The fourth-order valence-corrected chi connectivity index (χ4v) is 4.00. The van der Waals surface area contributed by atoms with Gasteiger partial charge in [0.2, 0.25) is 0 Å². The topological polar surface area (TPSA) is 114 Å². The van der Waals surface area contributed by atoms with E-state index in [1.165, 1.54) is 37.3 Å². The molecule has 0 saturated carbocycles. The number of amides is 1. The minimum atomic E-state index is -3.60. The summed E-state index contributed by atoms with van der Waals surface area (Å²) in [6.07, 6.45) is -0.694. The molecule has 0 bridgehead atoms. The summed E-state index contributed by atoms with van der Waals surface area (Å²) >= 11 is 0. The molecule has 0 spiro atoms. The van der Waals surface area contributed by atoms with Gasteiger partial charge in [-0.25, -0.2) is 12.8 Å². The highest BCUT2D eigenvalue weighted by atomic mass is 32.2. The molecule has 3 rings (SSSR count). The van der Waals surface area contributed by atoms with Crippen LogP contribution >= 0.6 is 0 Å². The number of fused-ring (bicyclic) bond motifs is 1. The predicted molar refractivity (Wildman–Crippen MR) is 108 cm³/mol. The zero-order chi connectivity index (χ0) is 21.7. The third-order valence-electron chi connectivity index (χ3n) is 4.26. The molecular weight excluding hydrogens is 413 g/mol. The summed E-state index contributed by atoms with van der Waals surface area (Å²) in [7, 11) is -3.60. The Kier molecular flexibility index (Phi) is 6.46. The van der Waals surface area contributed by atoms with Crippen LogP contribution in [0.25, 0.3) is 0 Å². The number of halogens is 1. The molecule has 0 saturated heterocycles. The molecule has 10 heteroatoms. The largest absolute Gasteiger partial charge is 0.453 e. The number of nitrogens with one attached hydrogen (secondary N) is 2. The Morgan fingerprint density at radius 1 is 1.17 bits per heavy atom. The average molecular weight is 433 g/mol. The molecule has 2 N–H and O–H groups in total. The van der Waals surface area contributed by atoms with Crippen LogP contribution in [0.15, 0.2) is 58.4 Å². The van der Waals surface area contributed by atoms with Crippen molar-refractivity contribution in [2.24, 2.45) is 4.99 Å². The molecule has 0 aliphatic carbocycles. The van der Waals surface area contributed by atoms with Crippen molar-refractivity contribution in [2.45, 2.75) is 30.8 Å². The monoisotopic (exact) mass is 433 g/mol. The second kappa shape index (κ2) is 9.04. The number of sulfonamides is 1. The Bertz CT molecular complexity index is 1080. The van der Waals surface area contributed by atoms with Gasteiger partial charge in [0.15, 0.2) is 6.10 Å². The highest BCUT2D eigenvalue weighted by Gasteiger charge is 2.29. The molecule has 0 radical (unpaired) electrons. The van der Waals surface area contributed by atoms with Crippen LogP contribution in [-0.4, -0.2) is 38.8 Å². The molecule has 2 aromatic carbocycles. The quantitative estimate of drug-likeness (QED) is 0.513. The lowest BCUT2D eigenvalue weighted by atomic mass is 10.2. The molecule has 158 valence electrons. The van der Waals surface area contributed by atoms with Gasteiger partial charge in [0.25, 0.3) is 15.9 Å². The maximum atomic E-state index is 12.9. The number of esters is 1. The summed E-state index contributed by atoms with van der Waals surface area (Å²) in [5.41, 5.74) is 0.880. The van der Waals surface area contributed by atoms with E-state index in [2.05, 4.69) is 15.0 Å². The van der Waals surface area contributed by atoms with Gasteiger partial charge in [-0.15, -0.1) is 0 Å². The van der Waals surface area contributed by atoms with Gasteiger partial charge in [0, 0.05) is 24.2 Å². The van der Waals surface area contributed by atoms with Crippen molar-refractivity contribution in [1.29, 1.82) is 0 Å². The lowest BCUT2D eigenvalue weighted by Gasteiger charge is -2.13. The van der Waals surface area contributed by atoms with Gasteiger partial charge < -0.3 is 10.1 Å². The van der Waals surface area contributed by atoms with Gasteiger partial charge in [-0.1, -0.05) is 12.1 Å². The summed E-state index contributed by atoms with van der Waals surface area (Å²) in [6.45, 7) is 1.64. The highest BCUT2D eigenvalue weighted by Crippen LogP contribution is 2.22. The van der Waals surface area contributed by atoms with E-state index in [9.17, 15) is 22.4 Å². The van der Waals surface area contributed by atoms with E-state index in [1.807, 2.05) is 0 Å². The Hall–Kier alpha value is -3.27. The van der Waals surface area contributed by atoms with Crippen LogP contribution < -0.4 is 10.0 Å².